The zero-order valence-electron chi connectivity index (χ0n) is 11.6. The lowest BCUT2D eigenvalue weighted by atomic mass is 10.2. The van der Waals surface area contributed by atoms with E-state index in [2.05, 4.69) is 9.82 Å². The Morgan fingerprint density at radius 2 is 2.21 bits per heavy atom. The zero-order chi connectivity index (χ0) is 14.5. The number of aliphatic hydroxyl groups is 1. The Morgan fingerprint density at radius 1 is 1.53 bits per heavy atom. The second kappa shape index (κ2) is 6.99. The minimum atomic E-state index is -3.51. The fraction of sp³-hybridized carbons (Fsp3) is 0.727. The van der Waals surface area contributed by atoms with Gasteiger partial charge >= 0.3 is 0 Å². The molecule has 19 heavy (non-hydrogen) atoms. The summed E-state index contributed by atoms with van der Waals surface area (Å²) in [7, 11) is -0.213. The molecule has 0 aliphatic carbocycles. The first-order valence-corrected chi connectivity index (χ1v) is 7.68. The van der Waals surface area contributed by atoms with Crippen LogP contribution >= 0.6 is 0 Å². The van der Waals surface area contributed by atoms with Crippen LogP contribution in [0.15, 0.2) is 6.20 Å². The third-order valence-corrected chi connectivity index (χ3v) is 4.33. The standard InChI is InChI=1S/C11H22N4O3S/c1-4-11-10(9-14(2)13-11)8-12-19(17,18)15(3)6-5-7-16/h9,12,16H,4-8H2,1-3H3. The normalized spacial score (nSPS) is 12.3. The van der Waals surface area contributed by atoms with Crippen molar-refractivity contribution >= 4 is 10.2 Å². The largest absolute Gasteiger partial charge is 0.396 e. The summed E-state index contributed by atoms with van der Waals surface area (Å²) in [4.78, 5) is 0. The van der Waals surface area contributed by atoms with Crippen molar-refractivity contribution in [1.29, 1.82) is 0 Å². The van der Waals surface area contributed by atoms with E-state index in [1.54, 1.807) is 4.68 Å². The van der Waals surface area contributed by atoms with Gasteiger partial charge in [0.1, 0.15) is 0 Å². The molecule has 1 rings (SSSR count). The number of nitrogens with one attached hydrogen (secondary N) is 1. The van der Waals surface area contributed by atoms with Gasteiger partial charge in [-0.05, 0) is 12.8 Å². The van der Waals surface area contributed by atoms with Crippen LogP contribution in [0.4, 0.5) is 0 Å². The SMILES string of the molecule is CCc1nn(C)cc1CNS(=O)(=O)N(C)CCCO. The lowest BCUT2D eigenvalue weighted by Crippen LogP contribution is -2.38. The molecular formula is C11H22N4O3S. The molecule has 0 spiro atoms. The van der Waals surface area contributed by atoms with E-state index in [1.165, 1.54) is 11.4 Å². The van der Waals surface area contributed by atoms with Crippen molar-refractivity contribution in [3.05, 3.63) is 17.5 Å². The van der Waals surface area contributed by atoms with E-state index < -0.39 is 10.2 Å². The van der Waals surface area contributed by atoms with E-state index >= 15 is 0 Å². The lowest BCUT2D eigenvalue weighted by molar-refractivity contribution is 0.275. The van der Waals surface area contributed by atoms with Gasteiger partial charge in [-0.15, -0.1) is 0 Å². The van der Waals surface area contributed by atoms with Crippen molar-refractivity contribution in [2.75, 3.05) is 20.2 Å². The minimum absolute atomic E-state index is 0.0253. The molecule has 0 atom stereocenters. The third-order valence-electron chi connectivity index (χ3n) is 2.81. The van der Waals surface area contributed by atoms with E-state index in [4.69, 9.17) is 5.11 Å². The molecule has 0 fully saturated rings. The quantitative estimate of drug-likeness (QED) is 0.684. The second-order valence-electron chi connectivity index (χ2n) is 4.35. The molecule has 2 N–H and O–H groups in total. The van der Waals surface area contributed by atoms with Crippen LogP contribution in [-0.4, -0.2) is 47.8 Å². The molecule has 0 bridgehead atoms. The smallest absolute Gasteiger partial charge is 0.279 e. The minimum Gasteiger partial charge on any atom is -0.396 e. The Morgan fingerprint density at radius 3 is 2.79 bits per heavy atom. The van der Waals surface area contributed by atoms with E-state index in [9.17, 15) is 8.42 Å². The fourth-order valence-corrected chi connectivity index (χ4v) is 2.65. The Bertz CT molecular complexity index is 498. The monoisotopic (exact) mass is 290 g/mol. The van der Waals surface area contributed by atoms with E-state index in [0.29, 0.717) is 13.0 Å². The van der Waals surface area contributed by atoms with Gasteiger partial charge in [-0.1, -0.05) is 6.92 Å². The van der Waals surface area contributed by atoms with Crippen LogP contribution in [0, 0.1) is 0 Å². The molecular weight excluding hydrogens is 268 g/mol. The molecule has 110 valence electrons. The summed E-state index contributed by atoms with van der Waals surface area (Å²) in [6.45, 7) is 2.47. The predicted molar refractivity (Wildman–Crippen MR) is 72.7 cm³/mol. The molecule has 0 amide bonds. The van der Waals surface area contributed by atoms with E-state index in [1.807, 2.05) is 20.2 Å². The highest BCUT2D eigenvalue weighted by Gasteiger charge is 2.17. The van der Waals surface area contributed by atoms with Gasteiger partial charge < -0.3 is 5.11 Å². The van der Waals surface area contributed by atoms with Gasteiger partial charge in [-0.3, -0.25) is 4.68 Å². The lowest BCUT2D eigenvalue weighted by Gasteiger charge is -2.17. The van der Waals surface area contributed by atoms with Crippen LogP contribution < -0.4 is 4.72 Å². The fourth-order valence-electron chi connectivity index (χ4n) is 1.72. The number of hydrogen-bond donors (Lipinski definition) is 2. The Balaban J connectivity index is 2.64. The number of aliphatic hydroxyl groups excluding tert-OH is 1. The third kappa shape index (κ3) is 4.57. The van der Waals surface area contributed by atoms with Crippen LogP contribution in [-0.2, 0) is 30.2 Å². The molecule has 0 saturated carbocycles. The highest BCUT2D eigenvalue weighted by Crippen LogP contribution is 2.08. The molecule has 0 aliphatic rings. The topological polar surface area (TPSA) is 87.5 Å². The van der Waals surface area contributed by atoms with Crippen molar-refractivity contribution in [2.45, 2.75) is 26.3 Å². The molecule has 0 unspecified atom stereocenters. The molecule has 8 heteroatoms. The summed E-state index contributed by atoms with van der Waals surface area (Å²) in [5.74, 6) is 0. The highest BCUT2D eigenvalue weighted by molar-refractivity contribution is 7.87. The van der Waals surface area contributed by atoms with E-state index in [-0.39, 0.29) is 13.2 Å². The molecule has 0 aromatic carbocycles. The predicted octanol–water partition coefficient (Wildman–Crippen LogP) is -0.369. The van der Waals surface area contributed by atoms with Gasteiger partial charge in [-0.25, -0.2) is 0 Å². The summed E-state index contributed by atoms with van der Waals surface area (Å²) in [5, 5.41) is 13.0. The maximum Gasteiger partial charge on any atom is 0.279 e. The first-order valence-electron chi connectivity index (χ1n) is 6.24. The summed E-state index contributed by atoms with van der Waals surface area (Å²) in [5.41, 5.74) is 1.77. The van der Waals surface area contributed by atoms with Crippen LogP contribution in [0.25, 0.3) is 0 Å². The maximum atomic E-state index is 11.9. The molecule has 0 saturated heterocycles. The Hall–Kier alpha value is -0.960. The van der Waals surface area contributed by atoms with Gasteiger partial charge in [0.2, 0.25) is 0 Å². The van der Waals surface area contributed by atoms with Crippen LogP contribution in [0.2, 0.25) is 0 Å². The first kappa shape index (κ1) is 16.1. The van der Waals surface area contributed by atoms with Crippen LogP contribution in [0.3, 0.4) is 0 Å². The Labute approximate surface area is 114 Å². The summed E-state index contributed by atoms with van der Waals surface area (Å²) < 4.78 is 29.3. The van der Waals surface area contributed by atoms with Gasteiger partial charge in [0.15, 0.2) is 0 Å². The molecule has 1 aromatic rings. The van der Waals surface area contributed by atoms with Gasteiger partial charge in [0, 0.05) is 45.6 Å². The average Bonchev–Trinajstić information content (AvgIpc) is 2.74. The van der Waals surface area contributed by atoms with Gasteiger partial charge in [0.25, 0.3) is 10.2 Å². The number of nitrogens with zero attached hydrogens (tertiary/aromatic N) is 3. The van der Waals surface area contributed by atoms with Crippen molar-refractivity contribution in [1.82, 2.24) is 18.8 Å². The number of hydrogen-bond acceptors (Lipinski definition) is 4. The van der Waals surface area contributed by atoms with Crippen molar-refractivity contribution < 1.29 is 13.5 Å². The summed E-state index contributed by atoms with van der Waals surface area (Å²) in [6.07, 6.45) is 3.00. The molecule has 0 radical (unpaired) electrons. The first-order chi connectivity index (χ1) is 8.90. The molecule has 0 aliphatic heterocycles. The number of aromatic nitrogens is 2. The highest BCUT2D eigenvalue weighted by atomic mass is 32.2. The van der Waals surface area contributed by atoms with Crippen LogP contribution in [0.5, 0.6) is 0 Å². The number of rotatable bonds is 8. The van der Waals surface area contributed by atoms with Crippen molar-refractivity contribution in [3.63, 3.8) is 0 Å². The van der Waals surface area contributed by atoms with Crippen molar-refractivity contribution in [2.24, 2.45) is 7.05 Å². The zero-order valence-corrected chi connectivity index (χ0v) is 12.4. The maximum absolute atomic E-state index is 11.9. The molecule has 7 nitrogen and oxygen atoms in total. The second-order valence-corrected chi connectivity index (χ2v) is 6.22. The Kier molecular flexibility index (Phi) is 5.92. The average molecular weight is 290 g/mol. The summed E-state index contributed by atoms with van der Waals surface area (Å²) in [6, 6.07) is 0. The number of aryl methyl sites for hydroxylation is 2. The van der Waals surface area contributed by atoms with Gasteiger partial charge in [0.05, 0.1) is 5.69 Å². The van der Waals surface area contributed by atoms with Gasteiger partial charge in [-0.2, -0.15) is 22.5 Å². The van der Waals surface area contributed by atoms with E-state index in [0.717, 1.165) is 17.7 Å². The molecule has 1 aromatic heterocycles. The van der Waals surface area contributed by atoms with Crippen LogP contribution in [0.1, 0.15) is 24.6 Å². The van der Waals surface area contributed by atoms with Crippen molar-refractivity contribution in [3.8, 4) is 0 Å². The molecule has 1 heterocycles. The summed E-state index contributed by atoms with van der Waals surface area (Å²) >= 11 is 0.